The van der Waals surface area contributed by atoms with E-state index in [9.17, 15) is 0 Å². The summed E-state index contributed by atoms with van der Waals surface area (Å²) in [6, 6.07) is 3.64. The zero-order valence-corrected chi connectivity index (χ0v) is 6.26. The van der Waals surface area contributed by atoms with Crippen LogP contribution in [0.25, 0.3) is 6.08 Å². The highest BCUT2D eigenvalue weighted by Crippen LogP contribution is 2.14. The molecule has 3 heteroatoms. The highest BCUT2D eigenvalue weighted by Gasteiger charge is 1.91. The van der Waals surface area contributed by atoms with E-state index in [4.69, 9.17) is 10.2 Å². The number of rotatable bonds is 1. The SMILES string of the molecule is NC=Cc1ccc(Br)o1. The van der Waals surface area contributed by atoms with Gasteiger partial charge in [0.25, 0.3) is 0 Å². The van der Waals surface area contributed by atoms with Crippen LogP contribution in [0.2, 0.25) is 0 Å². The maximum atomic E-state index is 5.11. The van der Waals surface area contributed by atoms with Crippen molar-refractivity contribution < 1.29 is 4.42 Å². The molecule has 0 aliphatic rings. The molecule has 0 aliphatic heterocycles. The minimum atomic E-state index is 0.718. The molecule has 0 saturated heterocycles. The fourth-order valence-electron chi connectivity index (χ4n) is 0.513. The monoisotopic (exact) mass is 187 g/mol. The van der Waals surface area contributed by atoms with Gasteiger partial charge in [0.2, 0.25) is 0 Å². The molecule has 0 unspecified atom stereocenters. The largest absolute Gasteiger partial charge is 0.450 e. The molecule has 2 nitrogen and oxygen atoms in total. The Bertz CT molecular complexity index is 217. The zero-order valence-electron chi connectivity index (χ0n) is 4.67. The molecule has 48 valence electrons. The highest BCUT2D eigenvalue weighted by molar-refractivity contribution is 9.10. The molecule has 1 heterocycles. The van der Waals surface area contributed by atoms with E-state index in [1.165, 1.54) is 6.20 Å². The number of hydrogen-bond acceptors (Lipinski definition) is 2. The summed E-state index contributed by atoms with van der Waals surface area (Å²) in [7, 11) is 0. The highest BCUT2D eigenvalue weighted by atomic mass is 79.9. The smallest absolute Gasteiger partial charge is 0.169 e. The molecule has 0 aromatic carbocycles. The quantitative estimate of drug-likeness (QED) is 0.731. The third kappa shape index (κ3) is 1.61. The van der Waals surface area contributed by atoms with Crippen molar-refractivity contribution in [3.63, 3.8) is 0 Å². The van der Waals surface area contributed by atoms with Crippen LogP contribution in [0.3, 0.4) is 0 Å². The van der Waals surface area contributed by atoms with Crippen molar-refractivity contribution in [1.82, 2.24) is 0 Å². The molecule has 1 aromatic heterocycles. The summed E-state index contributed by atoms with van der Waals surface area (Å²) in [6.45, 7) is 0. The molecule has 2 N–H and O–H groups in total. The number of hydrogen-bond donors (Lipinski definition) is 1. The molecular weight excluding hydrogens is 182 g/mol. The lowest BCUT2D eigenvalue weighted by Gasteiger charge is -1.79. The summed E-state index contributed by atoms with van der Waals surface area (Å²) < 4.78 is 5.79. The van der Waals surface area contributed by atoms with Gasteiger partial charge >= 0.3 is 0 Å². The van der Waals surface area contributed by atoms with Crippen molar-refractivity contribution in [2.45, 2.75) is 0 Å². The van der Waals surface area contributed by atoms with E-state index >= 15 is 0 Å². The van der Waals surface area contributed by atoms with Crippen LogP contribution in [-0.4, -0.2) is 0 Å². The van der Waals surface area contributed by atoms with E-state index in [-0.39, 0.29) is 0 Å². The van der Waals surface area contributed by atoms with Gasteiger partial charge in [-0.2, -0.15) is 0 Å². The first-order valence-corrected chi connectivity index (χ1v) is 3.26. The van der Waals surface area contributed by atoms with E-state index in [0.717, 1.165) is 10.4 Å². The molecule has 1 aromatic rings. The van der Waals surface area contributed by atoms with Gasteiger partial charge in [-0.05, 0) is 40.3 Å². The molecular formula is C6H6BrNO. The van der Waals surface area contributed by atoms with Crippen LogP contribution in [0, 0.1) is 0 Å². The normalized spacial score (nSPS) is 10.8. The average Bonchev–Trinajstić information content (AvgIpc) is 2.17. The summed E-state index contributed by atoms with van der Waals surface area (Å²) >= 11 is 3.16. The lowest BCUT2D eigenvalue weighted by atomic mass is 10.4. The Labute approximate surface area is 61.5 Å². The molecule has 0 atom stereocenters. The van der Waals surface area contributed by atoms with Crippen molar-refractivity contribution in [3.8, 4) is 0 Å². The maximum absolute atomic E-state index is 5.11. The average molecular weight is 188 g/mol. The standard InChI is InChI=1S/C6H6BrNO/c7-6-2-1-5(9-6)3-4-8/h1-4H,8H2. The summed E-state index contributed by atoms with van der Waals surface area (Å²) in [5, 5.41) is 0. The van der Waals surface area contributed by atoms with E-state index in [0.29, 0.717) is 0 Å². The van der Waals surface area contributed by atoms with Gasteiger partial charge in [-0.1, -0.05) is 0 Å². The molecule has 0 amide bonds. The van der Waals surface area contributed by atoms with Crippen LogP contribution in [0.15, 0.2) is 27.4 Å². The minimum Gasteiger partial charge on any atom is -0.450 e. The van der Waals surface area contributed by atoms with E-state index in [2.05, 4.69) is 15.9 Å². The van der Waals surface area contributed by atoms with Gasteiger partial charge < -0.3 is 10.2 Å². The predicted octanol–water partition coefficient (Wildman–Crippen LogP) is 1.97. The van der Waals surface area contributed by atoms with E-state index in [1.54, 1.807) is 6.08 Å². The first-order valence-electron chi connectivity index (χ1n) is 2.46. The molecule has 0 bridgehead atoms. The topological polar surface area (TPSA) is 39.2 Å². The van der Waals surface area contributed by atoms with Gasteiger partial charge in [0.15, 0.2) is 4.67 Å². The third-order valence-electron chi connectivity index (χ3n) is 0.854. The lowest BCUT2D eigenvalue weighted by Crippen LogP contribution is -1.73. The summed E-state index contributed by atoms with van der Waals surface area (Å²) in [4.78, 5) is 0. The van der Waals surface area contributed by atoms with Crippen LogP contribution in [-0.2, 0) is 0 Å². The van der Waals surface area contributed by atoms with Crippen LogP contribution < -0.4 is 5.73 Å². The van der Waals surface area contributed by atoms with Gasteiger partial charge in [-0.15, -0.1) is 0 Å². The Kier molecular flexibility index (Phi) is 1.95. The second-order valence-electron chi connectivity index (χ2n) is 1.50. The molecule has 9 heavy (non-hydrogen) atoms. The molecule has 0 spiro atoms. The number of nitrogens with two attached hydrogens (primary N) is 1. The Hall–Kier alpha value is -0.700. The van der Waals surface area contributed by atoms with E-state index < -0.39 is 0 Å². The predicted molar refractivity (Wildman–Crippen MR) is 39.6 cm³/mol. The Morgan fingerprint density at radius 1 is 1.56 bits per heavy atom. The van der Waals surface area contributed by atoms with Crippen LogP contribution >= 0.6 is 15.9 Å². The van der Waals surface area contributed by atoms with Gasteiger partial charge in [0.05, 0.1) is 0 Å². The Balaban J connectivity index is 2.85. The summed E-state index contributed by atoms with van der Waals surface area (Å²) in [5.74, 6) is 0.754. The molecule has 0 radical (unpaired) electrons. The minimum absolute atomic E-state index is 0.718. The zero-order chi connectivity index (χ0) is 6.69. The fraction of sp³-hybridized carbons (Fsp3) is 0. The second kappa shape index (κ2) is 2.73. The van der Waals surface area contributed by atoms with Crippen molar-refractivity contribution >= 4 is 22.0 Å². The van der Waals surface area contributed by atoms with E-state index in [1.807, 2.05) is 12.1 Å². The molecule has 1 rings (SSSR count). The first-order chi connectivity index (χ1) is 4.33. The van der Waals surface area contributed by atoms with Gasteiger partial charge in [0.1, 0.15) is 5.76 Å². The van der Waals surface area contributed by atoms with Gasteiger partial charge in [0, 0.05) is 0 Å². The summed E-state index contributed by atoms with van der Waals surface area (Å²) in [5.41, 5.74) is 5.11. The van der Waals surface area contributed by atoms with Gasteiger partial charge in [-0.25, -0.2) is 0 Å². The molecule has 0 aliphatic carbocycles. The van der Waals surface area contributed by atoms with Crippen molar-refractivity contribution in [2.24, 2.45) is 5.73 Å². The van der Waals surface area contributed by atoms with Crippen molar-refractivity contribution in [3.05, 3.63) is 28.8 Å². The number of halogens is 1. The fourth-order valence-corrected chi connectivity index (χ4v) is 0.832. The molecule has 0 fully saturated rings. The summed E-state index contributed by atoms with van der Waals surface area (Å²) in [6.07, 6.45) is 3.12. The van der Waals surface area contributed by atoms with Gasteiger partial charge in [-0.3, -0.25) is 0 Å². The van der Waals surface area contributed by atoms with Crippen molar-refractivity contribution in [2.75, 3.05) is 0 Å². The first kappa shape index (κ1) is 6.42. The Morgan fingerprint density at radius 2 is 2.33 bits per heavy atom. The maximum Gasteiger partial charge on any atom is 0.169 e. The lowest BCUT2D eigenvalue weighted by molar-refractivity contribution is 0.531. The third-order valence-corrected chi connectivity index (χ3v) is 1.28. The molecule has 0 saturated carbocycles. The van der Waals surface area contributed by atoms with Crippen molar-refractivity contribution in [1.29, 1.82) is 0 Å². The van der Waals surface area contributed by atoms with Crippen LogP contribution in [0.4, 0.5) is 0 Å². The van der Waals surface area contributed by atoms with Crippen LogP contribution in [0.1, 0.15) is 5.76 Å². The second-order valence-corrected chi connectivity index (χ2v) is 2.28. The van der Waals surface area contributed by atoms with Crippen LogP contribution in [0.5, 0.6) is 0 Å². The Morgan fingerprint density at radius 3 is 2.78 bits per heavy atom. The number of furan rings is 1.